The number of fused-ring (bicyclic) bond motifs is 1. The van der Waals surface area contributed by atoms with Gasteiger partial charge in [0.1, 0.15) is 0 Å². The smallest absolute Gasteiger partial charge is 0.263 e. The molecule has 2 aromatic rings. The predicted octanol–water partition coefficient (Wildman–Crippen LogP) is 3.49. The van der Waals surface area contributed by atoms with Gasteiger partial charge in [-0.1, -0.05) is 46.6 Å². The molecule has 2 atom stereocenters. The average Bonchev–Trinajstić information content (AvgIpc) is 3.12. The first-order valence-corrected chi connectivity index (χ1v) is 8.36. The van der Waals surface area contributed by atoms with E-state index in [1.54, 1.807) is 30.3 Å². The fourth-order valence-corrected chi connectivity index (χ4v) is 3.32. The van der Waals surface area contributed by atoms with Crippen molar-refractivity contribution in [3.63, 3.8) is 0 Å². The van der Waals surface area contributed by atoms with Crippen molar-refractivity contribution in [2.24, 2.45) is 10.3 Å². The Kier molecular flexibility index (Phi) is 3.94. The molecule has 6 nitrogen and oxygen atoms in total. The summed E-state index contributed by atoms with van der Waals surface area (Å²) in [6.45, 7) is 0.303. The lowest BCUT2D eigenvalue weighted by Gasteiger charge is -2.21. The summed E-state index contributed by atoms with van der Waals surface area (Å²) in [5.41, 5.74) is 1.29. The third kappa shape index (κ3) is 2.67. The van der Waals surface area contributed by atoms with Crippen LogP contribution in [-0.4, -0.2) is 28.9 Å². The van der Waals surface area contributed by atoms with Crippen LogP contribution in [0, 0.1) is 0 Å². The van der Waals surface area contributed by atoms with Gasteiger partial charge in [-0.25, -0.2) is 4.90 Å². The molecular weight excluding hydrogens is 363 g/mol. The van der Waals surface area contributed by atoms with E-state index < -0.39 is 12.1 Å². The van der Waals surface area contributed by atoms with Gasteiger partial charge in [-0.05, 0) is 35.9 Å². The quantitative estimate of drug-likeness (QED) is 0.772. The van der Waals surface area contributed by atoms with Crippen LogP contribution in [0.2, 0.25) is 10.0 Å². The van der Waals surface area contributed by atoms with E-state index in [-0.39, 0.29) is 11.8 Å². The fourth-order valence-electron chi connectivity index (χ4n) is 3.00. The molecule has 0 saturated carbocycles. The summed E-state index contributed by atoms with van der Waals surface area (Å²) in [6.07, 6.45) is 0. The molecule has 1 saturated heterocycles. The molecule has 0 unspecified atom stereocenters. The predicted molar refractivity (Wildman–Crippen MR) is 93.4 cm³/mol. The number of nitrogens with zero attached hydrogens (tertiary/aromatic N) is 4. The second kappa shape index (κ2) is 6.13. The average molecular weight is 375 g/mol. The van der Waals surface area contributed by atoms with Crippen molar-refractivity contribution in [3.8, 4) is 0 Å². The fraction of sp³-hybridized carbons (Fsp3) is 0.176. The van der Waals surface area contributed by atoms with E-state index in [4.69, 9.17) is 23.2 Å². The lowest BCUT2D eigenvalue weighted by Crippen LogP contribution is -2.39. The van der Waals surface area contributed by atoms with Gasteiger partial charge in [0.25, 0.3) is 11.8 Å². The Balaban J connectivity index is 1.62. The lowest BCUT2D eigenvalue weighted by molar-refractivity contribution is -0.123. The monoisotopic (exact) mass is 374 g/mol. The van der Waals surface area contributed by atoms with Crippen molar-refractivity contribution in [2.75, 3.05) is 4.90 Å². The number of halogens is 2. The second-order valence-corrected chi connectivity index (χ2v) is 6.62. The van der Waals surface area contributed by atoms with Gasteiger partial charge in [0.2, 0.25) is 0 Å². The zero-order chi connectivity index (χ0) is 17.6. The Morgan fingerprint density at radius 1 is 0.960 bits per heavy atom. The molecule has 0 aliphatic carbocycles. The van der Waals surface area contributed by atoms with E-state index >= 15 is 0 Å². The van der Waals surface area contributed by atoms with E-state index in [1.165, 1.54) is 5.01 Å². The van der Waals surface area contributed by atoms with E-state index in [0.29, 0.717) is 22.3 Å². The number of hydrogen-bond donors (Lipinski definition) is 0. The van der Waals surface area contributed by atoms with Crippen molar-refractivity contribution in [1.82, 2.24) is 5.01 Å². The van der Waals surface area contributed by atoms with Gasteiger partial charge in [0, 0.05) is 10.0 Å². The molecule has 2 aliphatic heterocycles. The Morgan fingerprint density at radius 3 is 2.40 bits per heavy atom. The van der Waals surface area contributed by atoms with E-state index in [1.807, 2.05) is 18.2 Å². The molecule has 126 valence electrons. The molecule has 0 aromatic heterocycles. The molecule has 25 heavy (non-hydrogen) atoms. The van der Waals surface area contributed by atoms with Crippen molar-refractivity contribution < 1.29 is 9.59 Å². The molecule has 8 heteroatoms. The zero-order valence-corrected chi connectivity index (χ0v) is 14.4. The summed E-state index contributed by atoms with van der Waals surface area (Å²) in [6, 6.07) is 12.3. The van der Waals surface area contributed by atoms with E-state index in [0.717, 1.165) is 10.5 Å². The summed E-state index contributed by atoms with van der Waals surface area (Å²) in [5.74, 6) is -0.739. The molecule has 0 bridgehead atoms. The molecule has 2 heterocycles. The van der Waals surface area contributed by atoms with Crippen molar-refractivity contribution in [1.29, 1.82) is 0 Å². The molecule has 2 amide bonds. The van der Waals surface area contributed by atoms with Crippen LogP contribution in [0.5, 0.6) is 0 Å². The number of hydrogen-bond acceptors (Lipinski definition) is 5. The summed E-state index contributed by atoms with van der Waals surface area (Å²) in [4.78, 5) is 26.6. The number of benzene rings is 2. The van der Waals surface area contributed by atoms with Gasteiger partial charge in [-0.15, -0.1) is 0 Å². The van der Waals surface area contributed by atoms with Gasteiger partial charge >= 0.3 is 0 Å². The first-order chi connectivity index (χ1) is 12.1. The number of anilines is 1. The number of imide groups is 1. The third-order valence-electron chi connectivity index (χ3n) is 4.23. The number of carbonyl (C=O) groups is 2. The van der Waals surface area contributed by atoms with Crippen LogP contribution in [0.15, 0.2) is 58.9 Å². The maximum Gasteiger partial charge on any atom is 0.263 e. The number of amides is 2. The molecule has 2 aliphatic rings. The van der Waals surface area contributed by atoms with Gasteiger partial charge < -0.3 is 0 Å². The Labute approximate surface area is 153 Å². The zero-order valence-electron chi connectivity index (χ0n) is 12.8. The van der Waals surface area contributed by atoms with Crippen molar-refractivity contribution >= 4 is 40.7 Å². The van der Waals surface area contributed by atoms with Crippen LogP contribution >= 0.6 is 23.2 Å². The van der Waals surface area contributed by atoms with Gasteiger partial charge in [-0.2, -0.15) is 5.11 Å². The molecule has 0 N–H and O–H groups in total. The number of rotatable bonds is 3. The Hall–Kier alpha value is -2.44. The molecular formula is C17H12Cl2N4O2. The third-order valence-corrected chi connectivity index (χ3v) is 4.85. The van der Waals surface area contributed by atoms with E-state index in [9.17, 15) is 9.59 Å². The van der Waals surface area contributed by atoms with Crippen LogP contribution in [0.1, 0.15) is 5.56 Å². The molecule has 0 spiro atoms. The first-order valence-electron chi connectivity index (χ1n) is 7.60. The number of carbonyl (C=O) groups excluding carboxylic acids is 2. The maximum atomic E-state index is 12.8. The summed E-state index contributed by atoms with van der Waals surface area (Å²) < 4.78 is 0. The van der Waals surface area contributed by atoms with Crippen LogP contribution < -0.4 is 4.90 Å². The van der Waals surface area contributed by atoms with E-state index in [2.05, 4.69) is 10.3 Å². The van der Waals surface area contributed by atoms with Crippen LogP contribution in [-0.2, 0) is 16.1 Å². The SMILES string of the molecule is O=C1[C@@H]2N=NN(Cc3ccccc3Cl)[C@H]2C(=O)N1c1ccc(Cl)cc1. The topological polar surface area (TPSA) is 65.3 Å². The minimum absolute atomic E-state index is 0.303. The lowest BCUT2D eigenvalue weighted by atomic mass is 10.1. The van der Waals surface area contributed by atoms with Crippen LogP contribution in [0.25, 0.3) is 0 Å². The highest BCUT2D eigenvalue weighted by atomic mass is 35.5. The van der Waals surface area contributed by atoms with Gasteiger partial charge in [0.15, 0.2) is 12.1 Å². The van der Waals surface area contributed by atoms with Gasteiger partial charge in [0.05, 0.1) is 12.2 Å². The second-order valence-electron chi connectivity index (χ2n) is 5.77. The van der Waals surface area contributed by atoms with Crippen molar-refractivity contribution in [2.45, 2.75) is 18.6 Å². The molecule has 4 rings (SSSR count). The maximum absolute atomic E-state index is 12.8. The Morgan fingerprint density at radius 2 is 1.68 bits per heavy atom. The largest absolute Gasteiger partial charge is 0.271 e. The highest BCUT2D eigenvalue weighted by molar-refractivity contribution is 6.31. The highest BCUT2D eigenvalue weighted by Gasteiger charge is 2.54. The van der Waals surface area contributed by atoms with Crippen LogP contribution in [0.3, 0.4) is 0 Å². The minimum Gasteiger partial charge on any atom is -0.271 e. The molecule has 1 fully saturated rings. The van der Waals surface area contributed by atoms with Gasteiger partial charge in [-0.3, -0.25) is 14.6 Å². The summed E-state index contributed by atoms with van der Waals surface area (Å²) in [7, 11) is 0. The molecule has 0 radical (unpaired) electrons. The Bertz CT molecular complexity index is 884. The summed E-state index contributed by atoms with van der Waals surface area (Å²) >= 11 is 12.0. The first kappa shape index (κ1) is 16.1. The normalized spacial score (nSPS) is 22.0. The molecule has 2 aromatic carbocycles. The summed E-state index contributed by atoms with van der Waals surface area (Å²) in [5, 5.41) is 10.6. The minimum atomic E-state index is -0.828. The van der Waals surface area contributed by atoms with Crippen molar-refractivity contribution in [3.05, 3.63) is 64.1 Å². The highest BCUT2D eigenvalue weighted by Crippen LogP contribution is 2.33. The standard InChI is InChI=1S/C17H12Cl2N4O2/c18-11-5-7-12(8-6-11)23-16(24)14-15(17(23)25)22(21-20-14)9-10-3-1-2-4-13(10)19/h1-8,14-15H,9H2/t14-,15-/m1/s1. The van der Waals surface area contributed by atoms with Crippen LogP contribution in [0.4, 0.5) is 5.69 Å².